The fraction of sp³-hybridized carbons (Fsp3) is 0.500. The van der Waals surface area contributed by atoms with Crippen molar-refractivity contribution in [3.05, 3.63) is 28.5 Å². The fourth-order valence-electron chi connectivity index (χ4n) is 2.49. The van der Waals surface area contributed by atoms with Gasteiger partial charge in [-0.05, 0) is 40.0 Å². The van der Waals surface area contributed by atoms with Crippen molar-refractivity contribution in [1.29, 1.82) is 0 Å². The van der Waals surface area contributed by atoms with E-state index in [4.69, 9.17) is 0 Å². The van der Waals surface area contributed by atoms with E-state index in [2.05, 4.69) is 26.4 Å². The van der Waals surface area contributed by atoms with Crippen molar-refractivity contribution < 1.29 is 9.60 Å². The molecule has 1 aliphatic rings. The third-order valence-electron chi connectivity index (χ3n) is 3.50. The summed E-state index contributed by atoms with van der Waals surface area (Å²) in [6.07, 6.45) is 6.94. The van der Waals surface area contributed by atoms with E-state index in [1.807, 2.05) is 0 Å². The maximum Gasteiger partial charge on any atom is 0.137 e. The van der Waals surface area contributed by atoms with E-state index >= 15 is 0 Å². The van der Waals surface area contributed by atoms with E-state index in [1.165, 1.54) is 38.2 Å². The Morgan fingerprint density at radius 2 is 2.11 bits per heavy atom. The van der Waals surface area contributed by atoms with Gasteiger partial charge in [-0.15, -0.1) is 0 Å². The number of aliphatic imine (C=N–C) groups is 1. The standard InChI is InChI=1S/C14H18BrFN2O/c15-12-9-11(6-7-13(12)16)17-14(18-19)8-10-4-2-1-3-5-10/h6-7,9-10,19H,1-5,8H2,(H,17,18). The smallest absolute Gasteiger partial charge is 0.137 e. The SMILES string of the molecule is ONC(CC1CCCCC1)=Nc1ccc(F)c(Br)c1. The maximum absolute atomic E-state index is 13.1. The first-order chi connectivity index (χ1) is 9.19. The lowest BCUT2D eigenvalue weighted by Crippen LogP contribution is -2.23. The van der Waals surface area contributed by atoms with Gasteiger partial charge in [0.1, 0.15) is 11.7 Å². The van der Waals surface area contributed by atoms with Crippen LogP contribution < -0.4 is 5.48 Å². The number of hydrogen-bond acceptors (Lipinski definition) is 2. The molecular formula is C14H18BrFN2O. The van der Waals surface area contributed by atoms with Gasteiger partial charge in [-0.25, -0.2) is 9.38 Å². The van der Waals surface area contributed by atoms with Gasteiger partial charge in [-0.2, -0.15) is 0 Å². The average molecular weight is 329 g/mol. The summed E-state index contributed by atoms with van der Waals surface area (Å²) < 4.78 is 13.5. The van der Waals surface area contributed by atoms with Gasteiger partial charge in [0.05, 0.1) is 10.2 Å². The summed E-state index contributed by atoms with van der Waals surface area (Å²) >= 11 is 3.13. The largest absolute Gasteiger partial charge is 0.290 e. The zero-order chi connectivity index (χ0) is 13.7. The molecule has 0 radical (unpaired) electrons. The minimum Gasteiger partial charge on any atom is -0.290 e. The van der Waals surface area contributed by atoms with Crippen molar-refractivity contribution in [2.75, 3.05) is 0 Å². The molecule has 0 spiro atoms. The highest BCUT2D eigenvalue weighted by molar-refractivity contribution is 9.10. The fourth-order valence-corrected chi connectivity index (χ4v) is 2.86. The number of benzene rings is 1. The predicted octanol–water partition coefficient (Wildman–Crippen LogP) is 4.57. The molecule has 1 saturated carbocycles. The number of hydroxylamine groups is 1. The number of halogens is 2. The Labute approximate surface area is 121 Å². The first-order valence-corrected chi connectivity index (χ1v) is 7.41. The van der Waals surface area contributed by atoms with Crippen LogP contribution in [0.15, 0.2) is 27.7 Å². The molecule has 19 heavy (non-hydrogen) atoms. The van der Waals surface area contributed by atoms with Crippen molar-refractivity contribution >= 4 is 27.5 Å². The first-order valence-electron chi connectivity index (χ1n) is 6.62. The second-order valence-corrected chi connectivity index (χ2v) is 5.83. The van der Waals surface area contributed by atoms with Gasteiger partial charge in [-0.1, -0.05) is 32.1 Å². The monoisotopic (exact) mass is 328 g/mol. The zero-order valence-electron chi connectivity index (χ0n) is 10.7. The van der Waals surface area contributed by atoms with Gasteiger partial charge in [0.15, 0.2) is 0 Å². The van der Waals surface area contributed by atoms with E-state index in [1.54, 1.807) is 12.1 Å². The minimum atomic E-state index is -0.315. The highest BCUT2D eigenvalue weighted by Gasteiger charge is 2.15. The Balaban J connectivity index is 2.06. The van der Waals surface area contributed by atoms with Gasteiger partial charge < -0.3 is 0 Å². The van der Waals surface area contributed by atoms with Crippen LogP contribution in [0.5, 0.6) is 0 Å². The van der Waals surface area contributed by atoms with Crippen LogP contribution in [0.3, 0.4) is 0 Å². The van der Waals surface area contributed by atoms with Crippen LogP contribution in [0.25, 0.3) is 0 Å². The van der Waals surface area contributed by atoms with Crippen molar-refractivity contribution in [3.63, 3.8) is 0 Å². The molecule has 104 valence electrons. The summed E-state index contributed by atoms with van der Waals surface area (Å²) in [4.78, 5) is 4.33. The van der Waals surface area contributed by atoms with Crippen molar-refractivity contribution in [2.45, 2.75) is 38.5 Å². The van der Waals surface area contributed by atoms with E-state index in [-0.39, 0.29) is 5.82 Å². The molecule has 0 heterocycles. The molecule has 0 aromatic heterocycles. The minimum absolute atomic E-state index is 0.315. The predicted molar refractivity (Wildman–Crippen MR) is 77.3 cm³/mol. The van der Waals surface area contributed by atoms with Crippen molar-refractivity contribution in [3.8, 4) is 0 Å². The molecule has 0 amide bonds. The van der Waals surface area contributed by atoms with Crippen LogP contribution in [-0.2, 0) is 0 Å². The van der Waals surface area contributed by atoms with Crippen LogP contribution in [-0.4, -0.2) is 11.0 Å². The van der Waals surface area contributed by atoms with Crippen molar-refractivity contribution in [1.82, 2.24) is 5.48 Å². The Hall–Kier alpha value is -0.940. The third-order valence-corrected chi connectivity index (χ3v) is 4.11. The number of nitrogens with one attached hydrogen (secondary N) is 1. The van der Waals surface area contributed by atoms with Crippen LogP contribution >= 0.6 is 15.9 Å². The molecule has 1 aliphatic carbocycles. The van der Waals surface area contributed by atoms with Gasteiger partial charge in [0, 0.05) is 6.42 Å². The van der Waals surface area contributed by atoms with E-state index in [0.717, 1.165) is 6.42 Å². The molecule has 1 fully saturated rings. The molecule has 0 atom stereocenters. The number of rotatable bonds is 3. The second-order valence-electron chi connectivity index (χ2n) is 4.98. The number of amidine groups is 1. The van der Waals surface area contributed by atoms with E-state index < -0.39 is 0 Å². The Bertz CT molecular complexity index is 459. The summed E-state index contributed by atoms with van der Waals surface area (Å²) in [5.74, 6) is 0.811. The van der Waals surface area contributed by atoms with Crippen LogP contribution in [0.2, 0.25) is 0 Å². The first kappa shape index (κ1) is 14.5. The van der Waals surface area contributed by atoms with Crippen molar-refractivity contribution in [2.24, 2.45) is 10.9 Å². The molecule has 5 heteroatoms. The van der Waals surface area contributed by atoms with Gasteiger partial charge >= 0.3 is 0 Å². The molecule has 0 aliphatic heterocycles. The van der Waals surface area contributed by atoms with E-state index in [0.29, 0.717) is 21.9 Å². The third kappa shape index (κ3) is 4.28. The zero-order valence-corrected chi connectivity index (χ0v) is 12.3. The summed E-state index contributed by atoms with van der Waals surface area (Å²) in [7, 11) is 0. The lowest BCUT2D eigenvalue weighted by molar-refractivity contribution is 0.227. The quantitative estimate of drug-likeness (QED) is 0.485. The van der Waals surface area contributed by atoms with Gasteiger partial charge in [-0.3, -0.25) is 10.7 Å². The molecule has 0 unspecified atom stereocenters. The van der Waals surface area contributed by atoms with Crippen LogP contribution in [0, 0.1) is 11.7 Å². The Morgan fingerprint density at radius 1 is 1.37 bits per heavy atom. The van der Waals surface area contributed by atoms with Crippen LogP contribution in [0.4, 0.5) is 10.1 Å². The summed E-state index contributed by atoms with van der Waals surface area (Å²) in [5.41, 5.74) is 2.80. The molecule has 2 N–H and O–H groups in total. The molecule has 0 saturated heterocycles. The normalized spacial score (nSPS) is 17.5. The molecule has 1 aromatic carbocycles. The lowest BCUT2D eigenvalue weighted by Gasteiger charge is -2.21. The second kappa shape index (κ2) is 7.01. The lowest BCUT2D eigenvalue weighted by atomic mass is 9.87. The maximum atomic E-state index is 13.1. The average Bonchev–Trinajstić information content (AvgIpc) is 2.43. The summed E-state index contributed by atoms with van der Waals surface area (Å²) in [6.45, 7) is 0. The molecular weight excluding hydrogens is 311 g/mol. The highest BCUT2D eigenvalue weighted by atomic mass is 79.9. The van der Waals surface area contributed by atoms with Crippen LogP contribution in [0.1, 0.15) is 38.5 Å². The number of hydrogen-bond donors (Lipinski definition) is 2. The molecule has 3 nitrogen and oxygen atoms in total. The van der Waals surface area contributed by atoms with Gasteiger partial charge in [0.2, 0.25) is 0 Å². The summed E-state index contributed by atoms with van der Waals surface area (Å²) in [6, 6.07) is 4.56. The highest BCUT2D eigenvalue weighted by Crippen LogP contribution is 2.27. The Morgan fingerprint density at radius 3 is 2.74 bits per heavy atom. The molecule has 2 rings (SSSR count). The summed E-state index contributed by atoms with van der Waals surface area (Å²) in [5, 5.41) is 9.18. The molecule has 0 bridgehead atoms. The molecule has 1 aromatic rings. The topological polar surface area (TPSA) is 44.6 Å². The van der Waals surface area contributed by atoms with Gasteiger partial charge in [0.25, 0.3) is 0 Å². The van der Waals surface area contributed by atoms with E-state index in [9.17, 15) is 9.60 Å². The Kier molecular flexibility index (Phi) is 5.34. The number of nitrogens with zero attached hydrogens (tertiary/aromatic N) is 1.